The van der Waals surface area contributed by atoms with Crippen molar-refractivity contribution in [1.82, 2.24) is 20.1 Å². The summed E-state index contributed by atoms with van der Waals surface area (Å²) in [7, 11) is 3.18. The number of hydrogen-bond donors (Lipinski definition) is 2. The number of carbonyl (C=O) groups is 2. The third-order valence-electron chi connectivity index (χ3n) is 6.20. The number of rotatable bonds is 7. The molecule has 2 unspecified atom stereocenters. The van der Waals surface area contributed by atoms with Crippen LogP contribution in [-0.4, -0.2) is 71.7 Å². The number of amides is 2. The average Bonchev–Trinajstić information content (AvgIpc) is 3.59. The zero-order valence-corrected chi connectivity index (χ0v) is 21.6. The summed E-state index contributed by atoms with van der Waals surface area (Å²) < 4.78 is 12.2. The van der Waals surface area contributed by atoms with E-state index in [4.69, 9.17) is 9.47 Å². The van der Waals surface area contributed by atoms with Crippen LogP contribution in [0.5, 0.6) is 0 Å². The van der Waals surface area contributed by atoms with E-state index in [1.807, 2.05) is 31.2 Å². The quantitative estimate of drug-likeness (QED) is 0.373. The summed E-state index contributed by atoms with van der Waals surface area (Å²) in [6.45, 7) is 6.26. The standard InChI is InChI=1S/C25H29N5O5S/c1-14-6-8-17(9-7-14)30-25(33)22(16(3)28-30)15(2)26-27-23(31)20-10-11-21(36-20)24(32)29-12-18(34-4)19(13-29)35-5/h6-11,18-19,28H,12-13H2,1-5H3,(H,27,31)/b26-15+. The monoisotopic (exact) mass is 511 g/mol. The van der Waals surface area contributed by atoms with Crippen molar-refractivity contribution >= 4 is 28.9 Å². The zero-order chi connectivity index (χ0) is 26.0. The Morgan fingerprint density at radius 2 is 1.64 bits per heavy atom. The molecule has 2 amide bonds. The van der Waals surface area contributed by atoms with E-state index in [2.05, 4.69) is 15.6 Å². The number of hydrogen-bond acceptors (Lipinski definition) is 7. The van der Waals surface area contributed by atoms with Crippen LogP contribution in [0.25, 0.3) is 5.69 Å². The van der Waals surface area contributed by atoms with E-state index in [9.17, 15) is 14.4 Å². The lowest BCUT2D eigenvalue weighted by atomic mass is 10.2. The van der Waals surface area contributed by atoms with Crippen LogP contribution in [0.1, 0.15) is 43.1 Å². The summed E-state index contributed by atoms with van der Waals surface area (Å²) in [6.07, 6.45) is -0.377. The molecular formula is C25H29N5O5S. The Hall–Kier alpha value is -3.54. The van der Waals surface area contributed by atoms with Crippen molar-refractivity contribution in [3.63, 3.8) is 0 Å². The van der Waals surface area contributed by atoms with E-state index in [1.165, 1.54) is 4.68 Å². The van der Waals surface area contributed by atoms with Crippen LogP contribution in [0.3, 0.4) is 0 Å². The SMILES string of the molecule is COC1CN(C(=O)c2ccc(C(=O)N/N=C(\C)c3c(C)[nH]n(-c4ccc(C)cc4)c3=O)s2)CC1OC. The van der Waals surface area contributed by atoms with Crippen LogP contribution in [0.2, 0.25) is 0 Å². The second kappa shape index (κ2) is 10.6. The first-order chi connectivity index (χ1) is 17.2. The maximum Gasteiger partial charge on any atom is 0.281 e. The number of ether oxygens (including phenoxy) is 2. The lowest BCUT2D eigenvalue weighted by Gasteiger charge is -2.14. The number of aryl methyl sites for hydroxylation is 2. The number of aromatic amines is 1. The number of carbonyl (C=O) groups excluding carboxylic acids is 2. The van der Waals surface area contributed by atoms with Crippen LogP contribution in [0, 0.1) is 13.8 Å². The third kappa shape index (κ3) is 5.03. The zero-order valence-electron chi connectivity index (χ0n) is 20.8. The number of H-pyrrole nitrogens is 1. The molecule has 0 radical (unpaired) electrons. The number of nitrogens with zero attached hydrogens (tertiary/aromatic N) is 3. The van der Waals surface area contributed by atoms with Crippen LogP contribution in [-0.2, 0) is 9.47 Å². The number of hydrazone groups is 1. The first-order valence-corrected chi connectivity index (χ1v) is 12.2. The molecule has 1 fully saturated rings. The van der Waals surface area contributed by atoms with Gasteiger partial charge in [0.05, 0.1) is 26.7 Å². The van der Waals surface area contributed by atoms with Crippen molar-refractivity contribution in [2.75, 3.05) is 27.3 Å². The van der Waals surface area contributed by atoms with Gasteiger partial charge in [-0.15, -0.1) is 11.3 Å². The lowest BCUT2D eigenvalue weighted by Crippen LogP contribution is -2.29. The van der Waals surface area contributed by atoms with E-state index < -0.39 is 5.91 Å². The molecule has 190 valence electrons. The topological polar surface area (TPSA) is 118 Å². The molecule has 2 N–H and O–H groups in total. The van der Waals surface area contributed by atoms with Gasteiger partial charge in [-0.05, 0) is 45.0 Å². The van der Waals surface area contributed by atoms with E-state index in [0.717, 1.165) is 16.9 Å². The number of nitrogens with one attached hydrogen (secondary N) is 2. The summed E-state index contributed by atoms with van der Waals surface area (Å²) >= 11 is 1.08. The predicted molar refractivity (Wildman–Crippen MR) is 137 cm³/mol. The molecule has 2 atom stereocenters. The van der Waals surface area contributed by atoms with Gasteiger partial charge in [-0.3, -0.25) is 19.5 Å². The van der Waals surface area contributed by atoms with Gasteiger partial charge < -0.3 is 14.4 Å². The molecule has 3 aromatic rings. The van der Waals surface area contributed by atoms with Crippen LogP contribution in [0.4, 0.5) is 0 Å². The van der Waals surface area contributed by atoms with Gasteiger partial charge in [-0.25, -0.2) is 10.1 Å². The molecule has 4 rings (SSSR count). The Morgan fingerprint density at radius 1 is 1.03 bits per heavy atom. The number of aromatic nitrogens is 2. The number of benzene rings is 1. The van der Waals surface area contributed by atoms with Crippen molar-refractivity contribution in [1.29, 1.82) is 0 Å². The van der Waals surface area contributed by atoms with Crippen LogP contribution < -0.4 is 11.0 Å². The molecule has 3 heterocycles. The molecule has 36 heavy (non-hydrogen) atoms. The molecule has 1 aromatic carbocycles. The summed E-state index contributed by atoms with van der Waals surface area (Å²) in [5.74, 6) is -0.642. The van der Waals surface area contributed by atoms with Gasteiger partial charge in [0.15, 0.2) is 0 Å². The molecule has 1 aliphatic heterocycles. The molecular weight excluding hydrogens is 482 g/mol. The summed E-state index contributed by atoms with van der Waals surface area (Å²) in [4.78, 5) is 41.0. The Bertz CT molecular complexity index is 1340. The molecule has 2 aromatic heterocycles. The minimum absolute atomic E-state index is 0.181. The first-order valence-electron chi connectivity index (χ1n) is 11.4. The highest BCUT2D eigenvalue weighted by atomic mass is 32.1. The van der Waals surface area contributed by atoms with Crippen molar-refractivity contribution < 1.29 is 19.1 Å². The number of thiophene rings is 1. The Kier molecular flexibility index (Phi) is 7.53. The first kappa shape index (κ1) is 25.5. The highest BCUT2D eigenvalue weighted by molar-refractivity contribution is 7.15. The van der Waals surface area contributed by atoms with Gasteiger partial charge in [0, 0.05) is 33.0 Å². The van der Waals surface area contributed by atoms with Crippen LogP contribution >= 0.6 is 11.3 Å². The number of methoxy groups -OCH3 is 2. The largest absolute Gasteiger partial charge is 0.377 e. The maximum atomic E-state index is 13.0. The molecule has 0 spiro atoms. The fraction of sp³-hybridized carbons (Fsp3) is 0.360. The summed E-state index contributed by atoms with van der Waals surface area (Å²) in [5, 5.41) is 7.21. The molecule has 1 aliphatic rings. The van der Waals surface area contributed by atoms with Crippen molar-refractivity contribution in [3.05, 3.63) is 73.3 Å². The van der Waals surface area contributed by atoms with Crippen molar-refractivity contribution in [2.24, 2.45) is 5.10 Å². The van der Waals surface area contributed by atoms with Gasteiger partial charge in [-0.2, -0.15) is 5.10 Å². The third-order valence-corrected chi connectivity index (χ3v) is 7.27. The fourth-order valence-corrected chi connectivity index (χ4v) is 5.05. The molecule has 0 bridgehead atoms. The Morgan fingerprint density at radius 3 is 2.25 bits per heavy atom. The molecule has 0 saturated carbocycles. The van der Waals surface area contributed by atoms with E-state index in [1.54, 1.807) is 45.1 Å². The van der Waals surface area contributed by atoms with Crippen molar-refractivity contribution in [2.45, 2.75) is 33.0 Å². The van der Waals surface area contributed by atoms with Gasteiger partial charge in [0.25, 0.3) is 17.4 Å². The van der Waals surface area contributed by atoms with Gasteiger partial charge in [-0.1, -0.05) is 17.7 Å². The minimum atomic E-state index is -0.462. The number of likely N-dealkylation sites (tertiary alicyclic amines) is 1. The van der Waals surface area contributed by atoms with Gasteiger partial charge in [0.1, 0.15) is 12.2 Å². The van der Waals surface area contributed by atoms with Crippen LogP contribution in [0.15, 0.2) is 46.3 Å². The van der Waals surface area contributed by atoms with E-state index in [0.29, 0.717) is 45.5 Å². The summed E-state index contributed by atoms with van der Waals surface area (Å²) in [6, 6.07) is 10.8. The highest BCUT2D eigenvalue weighted by Gasteiger charge is 2.36. The maximum absolute atomic E-state index is 13.0. The van der Waals surface area contributed by atoms with Gasteiger partial charge in [0.2, 0.25) is 0 Å². The summed E-state index contributed by atoms with van der Waals surface area (Å²) in [5.41, 5.74) is 5.42. The van der Waals surface area contributed by atoms with E-state index in [-0.39, 0.29) is 23.7 Å². The fourth-order valence-electron chi connectivity index (χ4n) is 4.19. The van der Waals surface area contributed by atoms with Gasteiger partial charge >= 0.3 is 0 Å². The minimum Gasteiger partial charge on any atom is -0.377 e. The van der Waals surface area contributed by atoms with E-state index >= 15 is 0 Å². The molecule has 1 saturated heterocycles. The Labute approximate surface area is 212 Å². The average molecular weight is 512 g/mol. The second-order valence-electron chi connectivity index (χ2n) is 8.65. The Balaban J connectivity index is 1.45. The molecule has 11 heteroatoms. The molecule has 10 nitrogen and oxygen atoms in total. The second-order valence-corrected chi connectivity index (χ2v) is 9.73. The highest BCUT2D eigenvalue weighted by Crippen LogP contribution is 2.23. The normalized spacial score (nSPS) is 18.0. The molecule has 0 aliphatic carbocycles. The smallest absolute Gasteiger partial charge is 0.281 e. The lowest BCUT2D eigenvalue weighted by molar-refractivity contribution is -0.00461. The predicted octanol–water partition coefficient (Wildman–Crippen LogP) is 2.48. The van der Waals surface area contributed by atoms with Crippen molar-refractivity contribution in [3.8, 4) is 5.69 Å².